The van der Waals surface area contributed by atoms with E-state index in [0.717, 1.165) is 0 Å². The van der Waals surface area contributed by atoms with Gasteiger partial charge in [0.1, 0.15) is 0 Å². The van der Waals surface area contributed by atoms with Crippen molar-refractivity contribution in [1.82, 2.24) is 5.32 Å². The Hall–Kier alpha value is -1.89. The van der Waals surface area contributed by atoms with Crippen LogP contribution in [0.4, 0.5) is 10.5 Å². The van der Waals surface area contributed by atoms with E-state index in [1.807, 2.05) is 6.92 Å². The maximum Gasteiger partial charge on any atom is 0.319 e. The molecule has 0 saturated carbocycles. The van der Waals surface area contributed by atoms with Gasteiger partial charge in [0.25, 0.3) is 0 Å². The smallest absolute Gasteiger partial charge is 0.319 e. The lowest BCUT2D eigenvalue weighted by Gasteiger charge is -2.12. The number of hydrogen-bond acceptors (Lipinski definition) is 3. The number of carboxylic acids is 1. The number of nitrogens with one attached hydrogen (secondary N) is 2. The van der Waals surface area contributed by atoms with Crippen LogP contribution in [0.5, 0.6) is 0 Å². The normalized spacial score (nSPS) is 13.2. The molecular weight excluding hydrogens is 292 g/mol. The number of urea groups is 1. The Morgan fingerprint density at radius 2 is 2.00 bits per heavy atom. The molecule has 0 heterocycles. The molecule has 0 aliphatic carbocycles. The molecule has 0 fully saturated rings. The SMILES string of the molecule is CC(CCNC(=O)Nc1ccccc1CC(=O)O)S(C)=O. The molecule has 0 aliphatic heterocycles. The van der Waals surface area contributed by atoms with Crippen molar-refractivity contribution in [2.24, 2.45) is 0 Å². The van der Waals surface area contributed by atoms with E-state index in [1.165, 1.54) is 0 Å². The van der Waals surface area contributed by atoms with Gasteiger partial charge in [-0.1, -0.05) is 25.1 Å². The number of amides is 2. The highest BCUT2D eigenvalue weighted by Gasteiger charge is 2.10. The maximum absolute atomic E-state index is 11.8. The Labute approximate surface area is 126 Å². The maximum atomic E-state index is 11.8. The van der Waals surface area contributed by atoms with Gasteiger partial charge in [-0.25, -0.2) is 4.79 Å². The first-order valence-corrected chi connectivity index (χ1v) is 8.19. The Morgan fingerprint density at radius 3 is 2.62 bits per heavy atom. The number of carbonyl (C=O) groups is 2. The molecule has 2 unspecified atom stereocenters. The molecule has 0 bridgehead atoms. The van der Waals surface area contributed by atoms with E-state index in [4.69, 9.17) is 5.11 Å². The molecule has 1 aromatic rings. The highest BCUT2D eigenvalue weighted by atomic mass is 32.2. The summed E-state index contributed by atoms with van der Waals surface area (Å²) < 4.78 is 11.2. The van der Waals surface area contributed by atoms with Crippen molar-refractivity contribution < 1.29 is 18.9 Å². The molecule has 1 aromatic carbocycles. The molecule has 0 radical (unpaired) electrons. The van der Waals surface area contributed by atoms with Gasteiger partial charge in [-0.15, -0.1) is 0 Å². The van der Waals surface area contributed by atoms with E-state index in [0.29, 0.717) is 24.2 Å². The first-order chi connectivity index (χ1) is 9.90. The second-order valence-electron chi connectivity index (χ2n) is 4.71. The summed E-state index contributed by atoms with van der Waals surface area (Å²) in [5.41, 5.74) is 1.02. The highest BCUT2D eigenvalue weighted by molar-refractivity contribution is 7.84. The zero-order valence-electron chi connectivity index (χ0n) is 12.1. The van der Waals surface area contributed by atoms with Crippen molar-refractivity contribution >= 4 is 28.5 Å². The Morgan fingerprint density at radius 1 is 1.33 bits per heavy atom. The number of benzene rings is 1. The Kier molecular flexibility index (Phi) is 6.87. The quantitative estimate of drug-likeness (QED) is 0.712. The van der Waals surface area contributed by atoms with Gasteiger partial charge in [0.05, 0.1) is 6.42 Å². The van der Waals surface area contributed by atoms with Gasteiger partial charge >= 0.3 is 12.0 Å². The van der Waals surface area contributed by atoms with Crippen LogP contribution >= 0.6 is 0 Å². The molecule has 0 spiro atoms. The Bertz CT molecular complexity index is 533. The first-order valence-electron chi connectivity index (χ1n) is 6.57. The average Bonchev–Trinajstić information content (AvgIpc) is 2.40. The minimum Gasteiger partial charge on any atom is -0.481 e. The summed E-state index contributed by atoms with van der Waals surface area (Å²) in [7, 11) is -0.910. The van der Waals surface area contributed by atoms with Crippen molar-refractivity contribution in [3.8, 4) is 0 Å². The molecule has 0 aliphatic rings. The van der Waals surface area contributed by atoms with Gasteiger partial charge in [0, 0.05) is 34.5 Å². The minimum atomic E-state index is -0.955. The zero-order valence-corrected chi connectivity index (χ0v) is 12.9. The van der Waals surface area contributed by atoms with Crippen LogP contribution in [-0.4, -0.2) is 39.4 Å². The lowest BCUT2D eigenvalue weighted by Crippen LogP contribution is -2.31. The van der Waals surface area contributed by atoms with Crippen LogP contribution in [0.15, 0.2) is 24.3 Å². The molecule has 116 valence electrons. The topological polar surface area (TPSA) is 95.5 Å². The zero-order chi connectivity index (χ0) is 15.8. The van der Waals surface area contributed by atoms with Gasteiger partial charge in [-0.3, -0.25) is 9.00 Å². The number of anilines is 1. The molecule has 0 aromatic heterocycles. The van der Waals surface area contributed by atoms with Gasteiger partial charge < -0.3 is 15.7 Å². The van der Waals surface area contributed by atoms with Gasteiger partial charge in [0.15, 0.2) is 0 Å². The lowest BCUT2D eigenvalue weighted by molar-refractivity contribution is -0.136. The van der Waals surface area contributed by atoms with Crippen LogP contribution in [0.1, 0.15) is 18.9 Å². The molecule has 3 N–H and O–H groups in total. The van der Waals surface area contributed by atoms with Crippen LogP contribution in [0.25, 0.3) is 0 Å². The van der Waals surface area contributed by atoms with Gasteiger partial charge in [-0.2, -0.15) is 0 Å². The summed E-state index contributed by atoms with van der Waals surface area (Å²) in [6.45, 7) is 2.27. The molecular formula is C14H20N2O4S. The van der Waals surface area contributed by atoms with Crippen LogP contribution in [-0.2, 0) is 22.0 Å². The third-order valence-corrected chi connectivity index (χ3v) is 4.38. The first kappa shape index (κ1) is 17.2. The number of carboxylic acid groups (broad SMARTS) is 1. The summed E-state index contributed by atoms with van der Waals surface area (Å²) >= 11 is 0. The minimum absolute atomic E-state index is 0.0181. The van der Waals surface area contributed by atoms with Crippen molar-refractivity contribution in [3.05, 3.63) is 29.8 Å². The van der Waals surface area contributed by atoms with E-state index in [2.05, 4.69) is 10.6 Å². The fourth-order valence-corrected chi connectivity index (χ4v) is 2.13. The average molecular weight is 312 g/mol. The summed E-state index contributed by atoms with van der Waals surface area (Å²) in [6, 6.07) is 6.36. The molecule has 0 saturated heterocycles. The Balaban J connectivity index is 2.51. The van der Waals surface area contributed by atoms with Crippen LogP contribution in [0, 0.1) is 0 Å². The summed E-state index contributed by atoms with van der Waals surface area (Å²) in [6.07, 6.45) is 2.10. The third-order valence-electron chi connectivity index (χ3n) is 3.01. The number of aliphatic carboxylic acids is 1. The molecule has 7 heteroatoms. The number of para-hydroxylation sites is 1. The van der Waals surface area contributed by atoms with Crippen molar-refractivity contribution in [2.75, 3.05) is 18.1 Å². The summed E-state index contributed by atoms with van der Waals surface area (Å²) in [5.74, 6) is -0.955. The molecule has 2 atom stereocenters. The standard InChI is InChI=1S/C14H20N2O4S/c1-10(21(2)20)7-8-15-14(19)16-12-6-4-3-5-11(12)9-13(17)18/h3-6,10H,7-9H2,1-2H3,(H,17,18)(H2,15,16,19). The third kappa shape index (κ3) is 6.40. The summed E-state index contributed by atoms with van der Waals surface area (Å²) in [4.78, 5) is 22.5. The number of rotatable bonds is 7. The highest BCUT2D eigenvalue weighted by Crippen LogP contribution is 2.15. The second-order valence-corrected chi connectivity index (χ2v) is 6.51. The van der Waals surface area contributed by atoms with E-state index in [1.54, 1.807) is 30.5 Å². The molecule has 21 heavy (non-hydrogen) atoms. The van der Waals surface area contributed by atoms with Crippen LogP contribution in [0.2, 0.25) is 0 Å². The number of hydrogen-bond donors (Lipinski definition) is 3. The predicted molar refractivity (Wildman–Crippen MR) is 82.9 cm³/mol. The molecule has 1 rings (SSSR count). The summed E-state index contributed by atoms with van der Waals surface area (Å²) in [5, 5.41) is 14.1. The number of carbonyl (C=O) groups excluding carboxylic acids is 1. The predicted octanol–water partition coefficient (Wildman–Crippen LogP) is 1.59. The van der Waals surface area contributed by atoms with E-state index in [9.17, 15) is 13.8 Å². The largest absolute Gasteiger partial charge is 0.481 e. The lowest BCUT2D eigenvalue weighted by atomic mass is 10.1. The van der Waals surface area contributed by atoms with E-state index in [-0.39, 0.29) is 11.7 Å². The van der Waals surface area contributed by atoms with Crippen molar-refractivity contribution in [1.29, 1.82) is 0 Å². The molecule has 6 nitrogen and oxygen atoms in total. The van der Waals surface area contributed by atoms with Crippen LogP contribution < -0.4 is 10.6 Å². The van der Waals surface area contributed by atoms with E-state index >= 15 is 0 Å². The monoisotopic (exact) mass is 312 g/mol. The van der Waals surface area contributed by atoms with Crippen molar-refractivity contribution in [3.63, 3.8) is 0 Å². The van der Waals surface area contributed by atoms with Gasteiger partial charge in [0.2, 0.25) is 0 Å². The van der Waals surface area contributed by atoms with Crippen LogP contribution in [0.3, 0.4) is 0 Å². The molecule has 2 amide bonds. The van der Waals surface area contributed by atoms with Gasteiger partial charge in [-0.05, 0) is 18.1 Å². The van der Waals surface area contributed by atoms with E-state index < -0.39 is 22.8 Å². The van der Waals surface area contributed by atoms with Crippen molar-refractivity contribution in [2.45, 2.75) is 25.0 Å². The second kappa shape index (κ2) is 8.41. The fraction of sp³-hybridized carbons (Fsp3) is 0.429. The fourth-order valence-electron chi connectivity index (χ4n) is 1.68.